The minimum Gasteiger partial charge on any atom is -0.495 e. The van der Waals surface area contributed by atoms with Crippen LogP contribution >= 0.6 is 0 Å². The van der Waals surface area contributed by atoms with E-state index in [0.717, 1.165) is 34.7 Å². The number of aryl methyl sites for hydroxylation is 1. The van der Waals surface area contributed by atoms with Crippen LogP contribution in [-0.2, 0) is 9.53 Å². The fourth-order valence-electron chi connectivity index (χ4n) is 4.52. The lowest BCUT2D eigenvalue weighted by molar-refractivity contribution is -0.142. The molecule has 0 saturated carbocycles. The van der Waals surface area contributed by atoms with E-state index >= 15 is 0 Å². The van der Waals surface area contributed by atoms with Gasteiger partial charge in [-0.05, 0) is 43.7 Å². The Morgan fingerprint density at radius 1 is 1.21 bits per heavy atom. The first-order chi connectivity index (χ1) is 16.0. The largest absolute Gasteiger partial charge is 0.495 e. The zero-order valence-corrected chi connectivity index (χ0v) is 19.0. The molecule has 1 fully saturated rings. The number of hydrogen-bond acceptors (Lipinski definition) is 5. The van der Waals surface area contributed by atoms with Crippen molar-refractivity contribution in [1.82, 2.24) is 14.5 Å². The molecule has 0 bridgehead atoms. The van der Waals surface area contributed by atoms with Gasteiger partial charge in [0.05, 0.1) is 44.0 Å². The van der Waals surface area contributed by atoms with E-state index in [-0.39, 0.29) is 18.1 Å². The third-order valence-electron chi connectivity index (χ3n) is 6.05. The first kappa shape index (κ1) is 21.1. The summed E-state index contributed by atoms with van der Waals surface area (Å²) in [7, 11) is 1.63. The maximum absolute atomic E-state index is 13.5. The molecule has 3 heterocycles. The molecule has 0 spiro atoms. The lowest BCUT2D eigenvalue weighted by Crippen LogP contribution is -2.47. The average Bonchev–Trinajstić information content (AvgIpc) is 3.26. The SMILES string of the molecule is COc1cc(C=C2O[C@@H](C)CN([C@H]3CCOc4ccccc43)C2=O)ccc1-n1cnc(C)c1. The van der Waals surface area contributed by atoms with Gasteiger partial charge >= 0.3 is 0 Å². The second kappa shape index (κ2) is 8.65. The third kappa shape index (κ3) is 4.06. The van der Waals surface area contributed by atoms with E-state index < -0.39 is 0 Å². The quantitative estimate of drug-likeness (QED) is 0.560. The number of hydrogen-bond donors (Lipinski definition) is 0. The number of para-hydroxylation sites is 1. The Kier molecular flexibility index (Phi) is 5.54. The Balaban J connectivity index is 1.46. The number of carbonyl (C=O) groups is 1. The van der Waals surface area contributed by atoms with Crippen molar-refractivity contribution in [3.63, 3.8) is 0 Å². The minimum atomic E-state index is -0.112. The Hall–Kier alpha value is -3.74. The standard InChI is InChI=1S/C26H27N3O4/c1-17-14-28(16-27-17)22-9-8-19(12-24(22)31-3)13-25-26(30)29(15-18(2)33-25)21-10-11-32-23-7-5-4-6-20(21)23/h4-9,12-14,16,18,21H,10-11,15H2,1-3H3/t18-,21-/m0/s1. The highest BCUT2D eigenvalue weighted by Gasteiger charge is 2.37. The molecule has 2 aliphatic heterocycles. The number of nitrogens with zero attached hydrogens (tertiary/aromatic N) is 3. The Morgan fingerprint density at radius 2 is 2.06 bits per heavy atom. The van der Waals surface area contributed by atoms with E-state index in [0.29, 0.717) is 24.7 Å². The Morgan fingerprint density at radius 3 is 2.85 bits per heavy atom. The fourth-order valence-corrected chi connectivity index (χ4v) is 4.52. The summed E-state index contributed by atoms with van der Waals surface area (Å²) in [5.41, 5.74) is 3.68. The molecular formula is C26H27N3O4. The topological polar surface area (TPSA) is 65.8 Å². The van der Waals surface area contributed by atoms with Crippen molar-refractivity contribution < 1.29 is 19.0 Å². The van der Waals surface area contributed by atoms with Crippen LogP contribution in [0.15, 0.2) is 60.7 Å². The summed E-state index contributed by atoms with van der Waals surface area (Å²) < 4.78 is 19.3. The number of aromatic nitrogens is 2. The predicted octanol–water partition coefficient (Wildman–Crippen LogP) is 4.30. The number of ether oxygens (including phenoxy) is 3. The lowest BCUT2D eigenvalue weighted by atomic mass is 9.97. The van der Waals surface area contributed by atoms with Gasteiger partial charge in [0, 0.05) is 18.2 Å². The van der Waals surface area contributed by atoms with Crippen LogP contribution in [0.5, 0.6) is 11.5 Å². The lowest BCUT2D eigenvalue weighted by Gasteiger charge is -2.40. The predicted molar refractivity (Wildman–Crippen MR) is 124 cm³/mol. The van der Waals surface area contributed by atoms with Gasteiger partial charge in [0.25, 0.3) is 5.91 Å². The fraction of sp³-hybridized carbons (Fsp3) is 0.308. The van der Waals surface area contributed by atoms with Crippen LogP contribution in [0.1, 0.15) is 36.2 Å². The Labute approximate surface area is 193 Å². The Bertz CT molecular complexity index is 1220. The molecule has 170 valence electrons. The monoisotopic (exact) mass is 445 g/mol. The van der Waals surface area contributed by atoms with E-state index in [2.05, 4.69) is 4.98 Å². The van der Waals surface area contributed by atoms with Crippen molar-refractivity contribution in [2.24, 2.45) is 0 Å². The smallest absolute Gasteiger partial charge is 0.289 e. The molecule has 5 rings (SSSR count). The van der Waals surface area contributed by atoms with Crippen LogP contribution in [0.4, 0.5) is 0 Å². The van der Waals surface area contributed by atoms with Crippen LogP contribution in [0.2, 0.25) is 0 Å². The van der Waals surface area contributed by atoms with E-state index in [1.807, 2.05) is 72.0 Å². The zero-order chi connectivity index (χ0) is 22.9. The number of carbonyl (C=O) groups excluding carboxylic acids is 1. The van der Waals surface area contributed by atoms with Gasteiger partial charge in [0.1, 0.15) is 17.6 Å². The summed E-state index contributed by atoms with van der Waals surface area (Å²) in [6.45, 7) is 5.06. The summed E-state index contributed by atoms with van der Waals surface area (Å²) >= 11 is 0. The molecule has 33 heavy (non-hydrogen) atoms. The van der Waals surface area contributed by atoms with Crippen molar-refractivity contribution in [3.8, 4) is 17.2 Å². The molecule has 0 N–H and O–H groups in total. The molecular weight excluding hydrogens is 418 g/mol. The molecule has 1 aromatic heterocycles. The number of benzene rings is 2. The van der Waals surface area contributed by atoms with E-state index in [1.165, 1.54) is 0 Å². The normalized spacial score (nSPS) is 21.4. The minimum absolute atomic E-state index is 0.0291. The van der Waals surface area contributed by atoms with Crippen LogP contribution < -0.4 is 9.47 Å². The van der Waals surface area contributed by atoms with Crippen molar-refractivity contribution >= 4 is 12.0 Å². The highest BCUT2D eigenvalue weighted by atomic mass is 16.5. The summed E-state index contributed by atoms with van der Waals surface area (Å²) in [6.07, 6.45) is 6.13. The van der Waals surface area contributed by atoms with Gasteiger partial charge in [0.15, 0.2) is 5.76 Å². The van der Waals surface area contributed by atoms with Gasteiger partial charge in [-0.15, -0.1) is 0 Å². The van der Waals surface area contributed by atoms with Crippen LogP contribution in [0.3, 0.4) is 0 Å². The van der Waals surface area contributed by atoms with Gasteiger partial charge in [-0.25, -0.2) is 4.98 Å². The third-order valence-corrected chi connectivity index (χ3v) is 6.05. The van der Waals surface area contributed by atoms with Gasteiger partial charge in [-0.1, -0.05) is 24.3 Å². The number of fused-ring (bicyclic) bond motifs is 1. The summed E-state index contributed by atoms with van der Waals surface area (Å²) in [5, 5.41) is 0. The maximum atomic E-state index is 13.5. The summed E-state index contributed by atoms with van der Waals surface area (Å²) in [6, 6.07) is 13.7. The molecule has 2 atom stereocenters. The van der Waals surface area contributed by atoms with Crippen molar-refractivity contribution in [3.05, 3.63) is 77.6 Å². The van der Waals surface area contributed by atoms with Crippen LogP contribution in [0, 0.1) is 6.92 Å². The molecule has 7 nitrogen and oxygen atoms in total. The maximum Gasteiger partial charge on any atom is 0.289 e. The van der Waals surface area contributed by atoms with Crippen LogP contribution in [0.25, 0.3) is 11.8 Å². The van der Waals surface area contributed by atoms with E-state index in [4.69, 9.17) is 14.2 Å². The van der Waals surface area contributed by atoms with Gasteiger partial charge in [-0.2, -0.15) is 0 Å². The highest BCUT2D eigenvalue weighted by Crippen LogP contribution is 2.38. The second-order valence-corrected chi connectivity index (χ2v) is 8.44. The molecule has 3 aromatic rings. The molecule has 1 amide bonds. The molecule has 1 saturated heterocycles. The average molecular weight is 446 g/mol. The van der Waals surface area contributed by atoms with Crippen LogP contribution in [-0.4, -0.2) is 46.7 Å². The van der Waals surface area contributed by atoms with E-state index in [9.17, 15) is 4.79 Å². The molecule has 7 heteroatoms. The van der Waals surface area contributed by atoms with Crippen molar-refractivity contribution in [1.29, 1.82) is 0 Å². The van der Waals surface area contributed by atoms with Gasteiger partial charge in [0.2, 0.25) is 0 Å². The number of imidazole rings is 1. The first-order valence-electron chi connectivity index (χ1n) is 11.1. The number of methoxy groups -OCH3 is 1. The van der Waals surface area contributed by atoms with Gasteiger partial charge in [-0.3, -0.25) is 4.79 Å². The number of rotatable bonds is 4. The molecule has 0 radical (unpaired) electrons. The molecule has 0 aliphatic carbocycles. The van der Waals surface area contributed by atoms with Gasteiger partial charge < -0.3 is 23.7 Å². The molecule has 2 aliphatic rings. The molecule has 0 unspecified atom stereocenters. The summed E-state index contributed by atoms with van der Waals surface area (Å²) in [5.74, 6) is 1.77. The number of morpholine rings is 1. The zero-order valence-electron chi connectivity index (χ0n) is 19.0. The second-order valence-electron chi connectivity index (χ2n) is 8.44. The number of amides is 1. The van der Waals surface area contributed by atoms with Crippen molar-refractivity contribution in [2.75, 3.05) is 20.3 Å². The highest BCUT2D eigenvalue weighted by molar-refractivity contribution is 5.97. The van der Waals surface area contributed by atoms with Crippen molar-refractivity contribution in [2.45, 2.75) is 32.4 Å². The molecule has 2 aromatic carbocycles. The first-order valence-corrected chi connectivity index (χ1v) is 11.1. The van der Waals surface area contributed by atoms with E-state index in [1.54, 1.807) is 19.5 Å². The summed E-state index contributed by atoms with van der Waals surface area (Å²) in [4.78, 5) is 19.7.